The van der Waals surface area contributed by atoms with Crippen LogP contribution in [0.5, 0.6) is 0 Å². The van der Waals surface area contributed by atoms with Gasteiger partial charge in [-0.1, -0.05) is 6.07 Å². The molecule has 1 rings (SSSR count). The Morgan fingerprint density at radius 1 is 1.56 bits per heavy atom. The lowest BCUT2D eigenvalue weighted by Crippen LogP contribution is -2.22. The van der Waals surface area contributed by atoms with E-state index in [1.54, 1.807) is 6.92 Å². The Labute approximate surface area is 104 Å². The summed E-state index contributed by atoms with van der Waals surface area (Å²) in [5.41, 5.74) is 1.52. The standard InChI is InChI=1S/C12H15BrN2O/c1-9(16)6-7-15(2)12-5-3-4-11(13)10(12)8-14/h3-5,9,16H,6-7H2,1-2H3. The van der Waals surface area contributed by atoms with Crippen molar-refractivity contribution < 1.29 is 5.11 Å². The SMILES string of the molecule is CC(O)CCN(C)c1cccc(Br)c1C#N. The van der Waals surface area contributed by atoms with Crippen molar-refractivity contribution in [2.24, 2.45) is 0 Å². The number of aliphatic hydroxyl groups is 1. The van der Waals surface area contributed by atoms with E-state index < -0.39 is 0 Å². The molecule has 0 amide bonds. The normalized spacial score (nSPS) is 11.9. The monoisotopic (exact) mass is 282 g/mol. The molecule has 0 aliphatic rings. The second-order valence-electron chi connectivity index (χ2n) is 3.81. The highest BCUT2D eigenvalue weighted by atomic mass is 79.9. The molecule has 1 atom stereocenters. The smallest absolute Gasteiger partial charge is 0.103 e. The molecule has 4 heteroatoms. The first-order valence-electron chi connectivity index (χ1n) is 5.14. The molecular weight excluding hydrogens is 268 g/mol. The van der Waals surface area contributed by atoms with Gasteiger partial charge >= 0.3 is 0 Å². The zero-order chi connectivity index (χ0) is 12.1. The summed E-state index contributed by atoms with van der Waals surface area (Å²) in [4.78, 5) is 1.98. The third kappa shape index (κ3) is 3.22. The summed E-state index contributed by atoms with van der Waals surface area (Å²) in [5.74, 6) is 0. The predicted molar refractivity (Wildman–Crippen MR) is 68.4 cm³/mol. The fourth-order valence-corrected chi connectivity index (χ4v) is 1.89. The summed E-state index contributed by atoms with van der Waals surface area (Å²) in [6, 6.07) is 7.84. The highest BCUT2D eigenvalue weighted by Gasteiger charge is 2.10. The van der Waals surface area contributed by atoms with Crippen LogP contribution in [0.3, 0.4) is 0 Å². The molecule has 0 aliphatic heterocycles. The Bertz CT molecular complexity index is 398. The molecule has 0 radical (unpaired) electrons. The lowest BCUT2D eigenvalue weighted by Gasteiger charge is -2.21. The number of hydrogen-bond donors (Lipinski definition) is 1. The predicted octanol–water partition coefficient (Wildman–Crippen LogP) is 2.53. The Hall–Kier alpha value is -1.05. The van der Waals surface area contributed by atoms with Gasteiger partial charge in [-0.25, -0.2) is 0 Å². The first-order chi connectivity index (χ1) is 7.56. The molecule has 1 aromatic rings. The van der Waals surface area contributed by atoms with E-state index in [0.29, 0.717) is 12.0 Å². The summed E-state index contributed by atoms with van der Waals surface area (Å²) >= 11 is 3.36. The number of rotatable bonds is 4. The number of nitriles is 1. The maximum atomic E-state index is 9.23. The van der Waals surface area contributed by atoms with Crippen molar-refractivity contribution in [1.29, 1.82) is 5.26 Å². The van der Waals surface area contributed by atoms with Gasteiger partial charge in [0.2, 0.25) is 0 Å². The van der Waals surface area contributed by atoms with Gasteiger partial charge in [-0.3, -0.25) is 0 Å². The molecule has 0 heterocycles. The van der Waals surface area contributed by atoms with Crippen LogP contribution in [0.1, 0.15) is 18.9 Å². The van der Waals surface area contributed by atoms with Crippen LogP contribution in [-0.4, -0.2) is 24.8 Å². The molecule has 0 bridgehead atoms. The summed E-state index contributed by atoms with van der Waals surface area (Å²) in [7, 11) is 1.92. The summed E-state index contributed by atoms with van der Waals surface area (Å²) < 4.78 is 0.802. The lowest BCUT2D eigenvalue weighted by molar-refractivity contribution is 0.187. The van der Waals surface area contributed by atoms with Crippen LogP contribution in [0, 0.1) is 11.3 Å². The fourth-order valence-electron chi connectivity index (χ4n) is 1.44. The highest BCUT2D eigenvalue weighted by Crippen LogP contribution is 2.26. The van der Waals surface area contributed by atoms with Crippen molar-refractivity contribution in [3.8, 4) is 6.07 Å². The largest absolute Gasteiger partial charge is 0.393 e. The molecule has 3 nitrogen and oxygen atoms in total. The van der Waals surface area contributed by atoms with E-state index in [-0.39, 0.29) is 6.10 Å². The molecule has 1 N–H and O–H groups in total. The molecule has 0 saturated carbocycles. The first kappa shape index (κ1) is 13.0. The molecule has 16 heavy (non-hydrogen) atoms. The average Bonchev–Trinajstić information content (AvgIpc) is 2.25. The van der Waals surface area contributed by atoms with Crippen molar-refractivity contribution in [2.45, 2.75) is 19.4 Å². The maximum absolute atomic E-state index is 9.23. The topological polar surface area (TPSA) is 47.3 Å². The third-order valence-corrected chi connectivity index (χ3v) is 3.06. The zero-order valence-electron chi connectivity index (χ0n) is 9.44. The number of anilines is 1. The van der Waals surface area contributed by atoms with Gasteiger partial charge in [0, 0.05) is 18.1 Å². The molecule has 86 valence electrons. The number of halogens is 1. The van der Waals surface area contributed by atoms with Crippen molar-refractivity contribution >= 4 is 21.6 Å². The Morgan fingerprint density at radius 3 is 2.81 bits per heavy atom. The number of nitrogens with zero attached hydrogens (tertiary/aromatic N) is 2. The van der Waals surface area contributed by atoms with Gasteiger partial charge in [0.25, 0.3) is 0 Å². The van der Waals surface area contributed by atoms with Crippen molar-refractivity contribution in [1.82, 2.24) is 0 Å². The first-order valence-corrected chi connectivity index (χ1v) is 5.93. The van der Waals surface area contributed by atoms with E-state index >= 15 is 0 Å². The van der Waals surface area contributed by atoms with E-state index in [9.17, 15) is 5.11 Å². The van der Waals surface area contributed by atoms with Crippen LogP contribution in [-0.2, 0) is 0 Å². The van der Waals surface area contributed by atoms with E-state index in [4.69, 9.17) is 5.26 Å². The van der Waals surface area contributed by atoms with E-state index in [2.05, 4.69) is 22.0 Å². The molecular formula is C12H15BrN2O. The van der Waals surface area contributed by atoms with Crippen LogP contribution in [0.2, 0.25) is 0 Å². The molecule has 0 aliphatic carbocycles. The number of hydrogen-bond acceptors (Lipinski definition) is 3. The minimum Gasteiger partial charge on any atom is -0.393 e. The second-order valence-corrected chi connectivity index (χ2v) is 4.66. The molecule has 1 aromatic carbocycles. The Balaban J connectivity index is 2.87. The number of benzene rings is 1. The van der Waals surface area contributed by atoms with Gasteiger partial charge in [0.05, 0.1) is 17.4 Å². The van der Waals surface area contributed by atoms with Gasteiger partial charge < -0.3 is 10.0 Å². The van der Waals surface area contributed by atoms with E-state index in [0.717, 1.165) is 16.7 Å². The molecule has 0 fully saturated rings. The van der Waals surface area contributed by atoms with E-state index in [1.807, 2.05) is 30.1 Å². The average molecular weight is 283 g/mol. The Kier molecular flexibility index (Phi) is 4.78. The van der Waals surface area contributed by atoms with Crippen LogP contribution in [0.4, 0.5) is 5.69 Å². The van der Waals surface area contributed by atoms with Gasteiger partial charge in [0.15, 0.2) is 0 Å². The van der Waals surface area contributed by atoms with Gasteiger partial charge in [-0.15, -0.1) is 0 Å². The minimum atomic E-state index is -0.319. The Morgan fingerprint density at radius 2 is 2.25 bits per heavy atom. The summed E-state index contributed by atoms with van der Waals surface area (Å²) in [6.45, 7) is 2.49. The molecule has 1 unspecified atom stereocenters. The van der Waals surface area contributed by atoms with Crippen LogP contribution in [0.15, 0.2) is 22.7 Å². The van der Waals surface area contributed by atoms with Crippen molar-refractivity contribution in [3.05, 3.63) is 28.2 Å². The van der Waals surface area contributed by atoms with Crippen LogP contribution < -0.4 is 4.90 Å². The third-order valence-electron chi connectivity index (χ3n) is 2.40. The molecule has 0 aromatic heterocycles. The maximum Gasteiger partial charge on any atom is 0.103 e. The summed E-state index contributed by atoms with van der Waals surface area (Å²) in [5, 5.41) is 18.3. The fraction of sp³-hybridized carbons (Fsp3) is 0.417. The highest BCUT2D eigenvalue weighted by molar-refractivity contribution is 9.10. The molecule has 0 spiro atoms. The summed E-state index contributed by atoms with van der Waals surface area (Å²) in [6.07, 6.45) is 0.369. The van der Waals surface area contributed by atoms with E-state index in [1.165, 1.54) is 0 Å². The van der Waals surface area contributed by atoms with Gasteiger partial charge in [0.1, 0.15) is 6.07 Å². The van der Waals surface area contributed by atoms with Gasteiger partial charge in [-0.05, 0) is 41.4 Å². The minimum absolute atomic E-state index is 0.319. The van der Waals surface area contributed by atoms with Gasteiger partial charge in [-0.2, -0.15) is 5.26 Å². The second kappa shape index (κ2) is 5.88. The lowest BCUT2D eigenvalue weighted by atomic mass is 10.1. The van der Waals surface area contributed by atoms with Crippen molar-refractivity contribution in [3.63, 3.8) is 0 Å². The zero-order valence-corrected chi connectivity index (χ0v) is 11.0. The number of aliphatic hydroxyl groups excluding tert-OH is 1. The van der Waals surface area contributed by atoms with Crippen LogP contribution >= 0.6 is 15.9 Å². The molecule has 0 saturated heterocycles. The quantitative estimate of drug-likeness (QED) is 0.923. The van der Waals surface area contributed by atoms with Crippen LogP contribution in [0.25, 0.3) is 0 Å². The van der Waals surface area contributed by atoms with Crippen molar-refractivity contribution in [2.75, 3.05) is 18.5 Å².